The molecule has 0 aliphatic heterocycles. The lowest BCUT2D eigenvalue weighted by Gasteiger charge is -2.27. The van der Waals surface area contributed by atoms with E-state index in [0.29, 0.717) is 0 Å². The first-order valence-corrected chi connectivity index (χ1v) is 20.2. The van der Waals surface area contributed by atoms with E-state index < -0.39 is 0 Å². The SMILES string of the molecule is c1cc(-c2ccc3sc4ccccc4c3c2)cc(N(c2ccc(-c3ccc4c(ccc5ccccc54)c3)cc2)c2cccc3oc4c5ccccc5ccc4c23)c1. The predicted octanol–water partition coefficient (Wildman–Crippen LogP) is 16.2. The third-order valence-corrected chi connectivity index (χ3v) is 12.8. The van der Waals surface area contributed by atoms with Crippen LogP contribution in [0.15, 0.2) is 205 Å². The van der Waals surface area contributed by atoms with Gasteiger partial charge in [-0.1, -0.05) is 133 Å². The minimum absolute atomic E-state index is 0.870. The standard InChI is InChI=1S/C54H33NOS/c1-3-13-43-35(9-1)19-20-40-31-38(24-28-44(40)43)34-21-26-41(27-22-34)55(49-16-8-17-50-53(49)47-29-23-36-10-2-4-14-45(36)54(47)56-50)42-12-7-11-37(32-42)39-25-30-52-48(33-39)46-15-5-6-18-51(46)57-52/h1-33H. The van der Waals surface area contributed by atoms with E-state index in [4.69, 9.17) is 4.42 Å². The van der Waals surface area contributed by atoms with Crippen LogP contribution in [0.2, 0.25) is 0 Å². The van der Waals surface area contributed by atoms with E-state index in [9.17, 15) is 0 Å². The second-order valence-electron chi connectivity index (χ2n) is 14.9. The maximum absolute atomic E-state index is 6.70. The van der Waals surface area contributed by atoms with Gasteiger partial charge in [-0.2, -0.15) is 0 Å². The van der Waals surface area contributed by atoms with Crippen LogP contribution < -0.4 is 4.90 Å². The van der Waals surface area contributed by atoms with Crippen LogP contribution in [0.3, 0.4) is 0 Å². The van der Waals surface area contributed by atoms with Gasteiger partial charge in [0.1, 0.15) is 11.2 Å². The summed E-state index contributed by atoms with van der Waals surface area (Å²) >= 11 is 1.85. The number of benzene rings is 10. The Morgan fingerprint density at radius 3 is 1.88 bits per heavy atom. The van der Waals surface area contributed by atoms with Crippen LogP contribution >= 0.6 is 11.3 Å². The van der Waals surface area contributed by atoms with Crippen molar-refractivity contribution in [2.24, 2.45) is 0 Å². The third-order valence-electron chi connectivity index (χ3n) is 11.6. The number of anilines is 3. The fourth-order valence-corrected chi connectivity index (χ4v) is 9.96. The number of fused-ring (bicyclic) bond motifs is 11. The van der Waals surface area contributed by atoms with E-state index >= 15 is 0 Å². The lowest BCUT2D eigenvalue weighted by molar-refractivity contribution is 0.672. The Morgan fingerprint density at radius 2 is 0.982 bits per heavy atom. The highest BCUT2D eigenvalue weighted by atomic mass is 32.1. The number of nitrogens with zero attached hydrogens (tertiary/aromatic N) is 1. The molecule has 0 bridgehead atoms. The summed E-state index contributed by atoms with van der Waals surface area (Å²) in [5.74, 6) is 0. The maximum Gasteiger partial charge on any atom is 0.143 e. The fourth-order valence-electron chi connectivity index (χ4n) is 8.87. The summed E-state index contributed by atoms with van der Waals surface area (Å²) in [5.41, 5.74) is 9.76. The van der Waals surface area contributed by atoms with Gasteiger partial charge in [-0.05, 0) is 116 Å². The van der Waals surface area contributed by atoms with Crippen molar-refractivity contribution >= 4 is 103 Å². The second-order valence-corrected chi connectivity index (χ2v) is 16.0. The first-order chi connectivity index (χ1) is 28.2. The zero-order valence-corrected chi connectivity index (χ0v) is 31.6. The molecule has 3 heteroatoms. The number of hydrogen-bond donors (Lipinski definition) is 0. The van der Waals surface area contributed by atoms with E-state index in [0.717, 1.165) is 44.4 Å². The van der Waals surface area contributed by atoms with Crippen LogP contribution in [0, 0.1) is 0 Å². The molecule has 2 aromatic heterocycles. The van der Waals surface area contributed by atoms with Crippen molar-refractivity contribution in [2.75, 3.05) is 4.90 Å². The zero-order chi connectivity index (χ0) is 37.5. The number of thiophene rings is 1. The van der Waals surface area contributed by atoms with Gasteiger partial charge in [0, 0.05) is 42.3 Å². The van der Waals surface area contributed by atoms with Gasteiger partial charge in [-0.25, -0.2) is 0 Å². The van der Waals surface area contributed by atoms with E-state index in [1.807, 2.05) is 11.3 Å². The average Bonchev–Trinajstić information content (AvgIpc) is 3.86. The van der Waals surface area contributed by atoms with Gasteiger partial charge in [0.15, 0.2) is 0 Å². The second kappa shape index (κ2) is 12.7. The number of furan rings is 1. The van der Waals surface area contributed by atoms with Crippen molar-refractivity contribution in [1.82, 2.24) is 0 Å². The van der Waals surface area contributed by atoms with Crippen LogP contribution in [0.25, 0.3) is 96.7 Å². The molecule has 57 heavy (non-hydrogen) atoms. The summed E-state index contributed by atoms with van der Waals surface area (Å²) in [7, 11) is 0. The Morgan fingerprint density at radius 1 is 0.351 bits per heavy atom. The summed E-state index contributed by atoms with van der Waals surface area (Å²) in [4.78, 5) is 2.39. The molecule has 12 rings (SSSR count). The zero-order valence-electron chi connectivity index (χ0n) is 30.8. The Balaban J connectivity index is 1.03. The molecule has 0 aliphatic rings. The van der Waals surface area contributed by atoms with Crippen LogP contribution in [0.1, 0.15) is 0 Å². The van der Waals surface area contributed by atoms with Crippen LogP contribution in [0.4, 0.5) is 17.1 Å². The highest BCUT2D eigenvalue weighted by molar-refractivity contribution is 7.25. The van der Waals surface area contributed by atoms with Gasteiger partial charge in [-0.15, -0.1) is 11.3 Å². The summed E-state index contributed by atoms with van der Waals surface area (Å²) in [6, 6.07) is 72.8. The molecule has 0 unspecified atom stereocenters. The minimum Gasteiger partial charge on any atom is -0.455 e. The van der Waals surface area contributed by atoms with E-state index in [-0.39, 0.29) is 0 Å². The molecular weight excluding hydrogens is 711 g/mol. The van der Waals surface area contributed by atoms with E-state index in [1.54, 1.807) is 0 Å². The molecule has 12 aromatic rings. The Kier molecular flexibility index (Phi) is 7.13. The van der Waals surface area contributed by atoms with Crippen molar-refractivity contribution in [3.05, 3.63) is 200 Å². The van der Waals surface area contributed by atoms with Crippen LogP contribution in [-0.2, 0) is 0 Å². The van der Waals surface area contributed by atoms with Gasteiger partial charge < -0.3 is 9.32 Å². The molecule has 0 N–H and O–H groups in total. The normalized spacial score (nSPS) is 11.9. The van der Waals surface area contributed by atoms with E-state index in [2.05, 4.69) is 205 Å². The first-order valence-electron chi connectivity index (χ1n) is 19.4. The summed E-state index contributed by atoms with van der Waals surface area (Å²) < 4.78 is 9.33. The lowest BCUT2D eigenvalue weighted by atomic mass is 9.97. The largest absolute Gasteiger partial charge is 0.455 e. The van der Waals surface area contributed by atoms with Crippen molar-refractivity contribution in [3.63, 3.8) is 0 Å². The van der Waals surface area contributed by atoms with Crippen molar-refractivity contribution < 1.29 is 4.42 Å². The average molecular weight is 744 g/mol. The topological polar surface area (TPSA) is 16.4 Å². The van der Waals surface area contributed by atoms with Crippen LogP contribution in [-0.4, -0.2) is 0 Å². The van der Waals surface area contributed by atoms with Crippen molar-refractivity contribution in [1.29, 1.82) is 0 Å². The molecule has 0 amide bonds. The smallest absolute Gasteiger partial charge is 0.143 e. The molecule has 0 radical (unpaired) electrons. The van der Waals surface area contributed by atoms with Gasteiger partial charge in [0.25, 0.3) is 0 Å². The molecule has 266 valence electrons. The molecular formula is C54H33NOS. The molecule has 0 spiro atoms. The van der Waals surface area contributed by atoms with Gasteiger partial charge in [0.05, 0.1) is 11.1 Å². The quantitative estimate of drug-likeness (QED) is 0.163. The third kappa shape index (κ3) is 5.17. The molecule has 0 aliphatic carbocycles. The van der Waals surface area contributed by atoms with Gasteiger partial charge in [-0.3, -0.25) is 0 Å². The molecule has 0 saturated carbocycles. The Hall–Kier alpha value is -7.20. The summed E-state index contributed by atoms with van der Waals surface area (Å²) in [6.07, 6.45) is 0. The van der Waals surface area contributed by atoms with Crippen molar-refractivity contribution in [2.45, 2.75) is 0 Å². The van der Waals surface area contributed by atoms with Crippen molar-refractivity contribution in [3.8, 4) is 22.3 Å². The highest BCUT2D eigenvalue weighted by Crippen LogP contribution is 2.46. The molecule has 0 atom stereocenters. The molecule has 0 saturated heterocycles. The van der Waals surface area contributed by atoms with Gasteiger partial charge >= 0.3 is 0 Å². The predicted molar refractivity (Wildman–Crippen MR) is 245 cm³/mol. The summed E-state index contributed by atoms with van der Waals surface area (Å²) in [5, 5.41) is 12.2. The number of rotatable bonds is 5. The summed E-state index contributed by atoms with van der Waals surface area (Å²) in [6.45, 7) is 0. The molecule has 2 heterocycles. The monoisotopic (exact) mass is 743 g/mol. The maximum atomic E-state index is 6.70. The fraction of sp³-hybridized carbons (Fsp3) is 0. The molecule has 0 fully saturated rings. The Labute approximate surface area is 333 Å². The number of hydrogen-bond acceptors (Lipinski definition) is 3. The van der Waals surface area contributed by atoms with Crippen LogP contribution in [0.5, 0.6) is 0 Å². The molecule has 2 nitrogen and oxygen atoms in total. The van der Waals surface area contributed by atoms with E-state index in [1.165, 1.54) is 69.4 Å². The van der Waals surface area contributed by atoms with Gasteiger partial charge in [0.2, 0.25) is 0 Å². The highest BCUT2D eigenvalue weighted by Gasteiger charge is 2.21. The molecule has 10 aromatic carbocycles. The minimum atomic E-state index is 0.870. The Bertz CT molecular complexity index is 3540. The lowest BCUT2D eigenvalue weighted by Crippen LogP contribution is -2.10. The first kappa shape index (κ1) is 32.1.